The van der Waals surface area contributed by atoms with Crippen LogP contribution in [-0.2, 0) is 25.6 Å². The number of aromatic hydroxyl groups is 2. The molecule has 4 aliphatic rings. The maximum absolute atomic E-state index is 14.6. The second-order valence-electron chi connectivity index (χ2n) is 13.0. The Bertz CT molecular complexity index is 1790. The Labute approximate surface area is 272 Å². The number of phenolic OH excluding ortho intramolecular Hbond substituents is 2. The lowest BCUT2D eigenvalue weighted by Gasteiger charge is -2.49. The molecular formula is C37H36N2O8. The largest absolute Gasteiger partial charge is 0.508 e. The molecular weight excluding hydrogens is 600 g/mol. The van der Waals surface area contributed by atoms with E-state index in [4.69, 9.17) is 9.47 Å². The summed E-state index contributed by atoms with van der Waals surface area (Å²) in [4.78, 5) is 59.6. The van der Waals surface area contributed by atoms with Crippen LogP contribution >= 0.6 is 0 Å². The van der Waals surface area contributed by atoms with E-state index in [1.54, 1.807) is 55.5 Å². The molecule has 3 fully saturated rings. The molecule has 10 heteroatoms. The first kappa shape index (κ1) is 30.5. The van der Waals surface area contributed by atoms with Crippen molar-refractivity contribution >= 4 is 29.3 Å². The fourth-order valence-electron chi connectivity index (χ4n) is 8.55. The van der Waals surface area contributed by atoms with Crippen molar-refractivity contribution in [3.63, 3.8) is 0 Å². The Morgan fingerprint density at radius 3 is 2.13 bits per heavy atom. The van der Waals surface area contributed by atoms with Crippen molar-refractivity contribution in [1.29, 1.82) is 0 Å². The molecule has 0 spiro atoms. The van der Waals surface area contributed by atoms with Crippen LogP contribution in [0.2, 0.25) is 0 Å². The quantitative estimate of drug-likeness (QED) is 0.284. The minimum Gasteiger partial charge on any atom is -0.508 e. The van der Waals surface area contributed by atoms with Crippen LogP contribution in [0.4, 0.5) is 5.69 Å². The van der Waals surface area contributed by atoms with Gasteiger partial charge < -0.3 is 19.7 Å². The number of allylic oxidation sites excluding steroid dienone is 2. The van der Waals surface area contributed by atoms with Gasteiger partial charge in [0, 0.05) is 30.2 Å². The van der Waals surface area contributed by atoms with Crippen LogP contribution in [0.5, 0.6) is 23.0 Å². The first-order chi connectivity index (χ1) is 22.6. The third-order valence-corrected chi connectivity index (χ3v) is 10.8. The van der Waals surface area contributed by atoms with E-state index in [1.165, 1.54) is 36.2 Å². The number of carbonyl (C=O) groups excluding carboxylic acids is 4. The predicted molar refractivity (Wildman–Crippen MR) is 171 cm³/mol. The van der Waals surface area contributed by atoms with Crippen LogP contribution in [0.15, 0.2) is 78.4 Å². The van der Waals surface area contributed by atoms with E-state index in [0.717, 1.165) is 11.1 Å². The van der Waals surface area contributed by atoms with Gasteiger partial charge in [-0.1, -0.05) is 42.0 Å². The number of hydrogen-bond acceptors (Lipinski definition) is 8. The fraction of sp³-hybridized carbons (Fsp3) is 0.351. The minimum absolute atomic E-state index is 0.0882. The van der Waals surface area contributed by atoms with E-state index in [2.05, 4.69) is 0 Å². The molecule has 2 saturated heterocycles. The van der Waals surface area contributed by atoms with Crippen LogP contribution in [0.3, 0.4) is 0 Å². The summed E-state index contributed by atoms with van der Waals surface area (Å²) in [6.45, 7) is 1.99. The van der Waals surface area contributed by atoms with E-state index in [9.17, 15) is 29.4 Å². The number of phenols is 2. The second kappa shape index (κ2) is 11.3. The molecule has 0 aromatic heterocycles. The molecule has 7 rings (SSSR count). The molecule has 1 saturated carbocycles. The number of likely N-dealkylation sites (tertiary alicyclic amines) is 1. The molecule has 10 nitrogen and oxygen atoms in total. The number of carbonyl (C=O) groups is 4. The fourth-order valence-corrected chi connectivity index (χ4v) is 8.55. The Balaban J connectivity index is 1.34. The van der Waals surface area contributed by atoms with Gasteiger partial charge in [0.25, 0.3) is 0 Å². The monoisotopic (exact) mass is 636 g/mol. The zero-order valence-electron chi connectivity index (χ0n) is 26.4. The second-order valence-corrected chi connectivity index (χ2v) is 13.0. The van der Waals surface area contributed by atoms with E-state index < -0.39 is 35.0 Å². The number of rotatable bonds is 7. The van der Waals surface area contributed by atoms with Crippen molar-refractivity contribution in [3.05, 3.63) is 89.5 Å². The number of methoxy groups -OCH3 is 2. The van der Waals surface area contributed by atoms with Crippen LogP contribution < -0.4 is 14.4 Å². The molecule has 47 heavy (non-hydrogen) atoms. The normalized spacial score (nSPS) is 28.1. The van der Waals surface area contributed by atoms with Crippen LogP contribution in [0.1, 0.15) is 36.8 Å². The van der Waals surface area contributed by atoms with Gasteiger partial charge in [0.1, 0.15) is 23.0 Å². The highest BCUT2D eigenvalue weighted by atomic mass is 16.5. The Morgan fingerprint density at radius 2 is 1.49 bits per heavy atom. The third kappa shape index (κ3) is 4.52. The summed E-state index contributed by atoms with van der Waals surface area (Å²) in [6.07, 6.45) is 2.94. The molecule has 6 atom stereocenters. The lowest BCUT2D eigenvalue weighted by atomic mass is 9.51. The van der Waals surface area contributed by atoms with Crippen molar-refractivity contribution < 1.29 is 38.9 Å². The predicted octanol–water partition coefficient (Wildman–Crippen LogP) is 4.59. The minimum atomic E-state index is -1.29. The number of anilines is 1. The average molecular weight is 637 g/mol. The van der Waals surface area contributed by atoms with Gasteiger partial charge in [-0.05, 0) is 61.9 Å². The summed E-state index contributed by atoms with van der Waals surface area (Å²) in [6, 6.07) is 18.4. The number of nitrogens with zero attached hydrogens (tertiary/aromatic N) is 2. The maximum atomic E-state index is 14.6. The molecule has 242 valence electrons. The Kier molecular flexibility index (Phi) is 7.33. The van der Waals surface area contributed by atoms with Crippen molar-refractivity contribution in [1.82, 2.24) is 4.90 Å². The summed E-state index contributed by atoms with van der Waals surface area (Å²) >= 11 is 0. The van der Waals surface area contributed by atoms with Crippen molar-refractivity contribution in [2.45, 2.75) is 32.1 Å². The van der Waals surface area contributed by atoms with E-state index >= 15 is 0 Å². The summed E-state index contributed by atoms with van der Waals surface area (Å²) in [7, 11) is 2.93. The first-order valence-electron chi connectivity index (χ1n) is 15.8. The molecule has 3 aromatic rings. The van der Waals surface area contributed by atoms with E-state index in [-0.39, 0.29) is 48.1 Å². The average Bonchev–Trinajstić information content (AvgIpc) is 3.43. The highest BCUT2D eigenvalue weighted by Crippen LogP contribution is 2.65. The summed E-state index contributed by atoms with van der Waals surface area (Å²) in [5.74, 6) is -3.95. The van der Waals surface area contributed by atoms with Gasteiger partial charge in [-0.25, -0.2) is 4.90 Å². The molecule has 2 N–H and O–H groups in total. The summed E-state index contributed by atoms with van der Waals surface area (Å²) in [5, 5.41) is 20.2. The lowest BCUT2D eigenvalue weighted by molar-refractivity contribution is -0.140. The van der Waals surface area contributed by atoms with Gasteiger partial charge in [-0.2, -0.15) is 0 Å². The first-order valence-corrected chi connectivity index (χ1v) is 15.8. The van der Waals surface area contributed by atoms with Crippen LogP contribution in [0.25, 0.3) is 0 Å². The molecule has 2 aliphatic carbocycles. The zero-order chi connectivity index (χ0) is 33.2. The van der Waals surface area contributed by atoms with Gasteiger partial charge in [0.15, 0.2) is 0 Å². The number of ether oxygens (including phenoxy) is 2. The summed E-state index contributed by atoms with van der Waals surface area (Å²) in [5.41, 5.74) is 1.36. The number of fused-ring (bicyclic) bond motifs is 4. The number of para-hydroxylation sites is 1. The Hall–Kier alpha value is -5.12. The molecule has 2 aliphatic heterocycles. The highest BCUT2D eigenvalue weighted by molar-refractivity contribution is 6.24. The van der Waals surface area contributed by atoms with Gasteiger partial charge >= 0.3 is 0 Å². The maximum Gasteiger partial charge on any atom is 0.241 e. The molecule has 4 amide bonds. The molecule has 2 heterocycles. The van der Waals surface area contributed by atoms with Crippen LogP contribution in [0, 0.1) is 29.1 Å². The van der Waals surface area contributed by atoms with Crippen molar-refractivity contribution in [2.24, 2.45) is 29.1 Å². The standard InChI is InChI=1S/C37H36N2O8/c1-37-27(34(43)39(36(37)45)21-7-5-4-6-8-21)19-26-24(32(37)31-28(46-2)17-23(41)18-29(31)47-3)13-14-25-30(26)35(44)38(33(25)42)16-15-20-9-11-22(40)12-10-20/h4-13,17-18,25-27,30,32,40-41H,14-16,19H2,1-3H3. The van der Waals surface area contributed by atoms with Gasteiger partial charge in [-0.15, -0.1) is 0 Å². The van der Waals surface area contributed by atoms with E-state index in [0.29, 0.717) is 35.6 Å². The molecule has 6 unspecified atom stereocenters. The molecule has 0 radical (unpaired) electrons. The lowest BCUT2D eigenvalue weighted by Crippen LogP contribution is -2.49. The summed E-state index contributed by atoms with van der Waals surface area (Å²) < 4.78 is 11.5. The van der Waals surface area contributed by atoms with E-state index in [1.807, 2.05) is 12.1 Å². The van der Waals surface area contributed by atoms with Gasteiger partial charge in [-0.3, -0.25) is 24.1 Å². The van der Waals surface area contributed by atoms with Gasteiger partial charge in [0.2, 0.25) is 23.6 Å². The number of amides is 4. The number of benzene rings is 3. The topological polar surface area (TPSA) is 134 Å². The number of hydrogen-bond donors (Lipinski definition) is 2. The molecule has 3 aromatic carbocycles. The Morgan fingerprint density at radius 1 is 0.830 bits per heavy atom. The molecule has 0 bridgehead atoms. The smallest absolute Gasteiger partial charge is 0.241 e. The zero-order valence-corrected chi connectivity index (χ0v) is 26.4. The van der Waals surface area contributed by atoms with Gasteiger partial charge in [0.05, 0.1) is 43.1 Å². The highest BCUT2D eigenvalue weighted by Gasteiger charge is 2.68. The van der Waals surface area contributed by atoms with Crippen LogP contribution in [-0.4, -0.2) is 59.5 Å². The third-order valence-electron chi connectivity index (χ3n) is 10.8. The van der Waals surface area contributed by atoms with Crippen molar-refractivity contribution in [2.75, 3.05) is 25.7 Å². The number of imide groups is 2. The van der Waals surface area contributed by atoms with Crippen molar-refractivity contribution in [3.8, 4) is 23.0 Å². The SMILES string of the molecule is COc1cc(O)cc(OC)c1C1C2=CCC3C(=O)N(CCc4ccc(O)cc4)C(=O)C3C2CC2C(=O)N(c3ccccc3)C(=O)C21C.